The van der Waals surface area contributed by atoms with Gasteiger partial charge in [-0.25, -0.2) is 0 Å². The van der Waals surface area contributed by atoms with Crippen LogP contribution in [0.5, 0.6) is 5.75 Å². The molecule has 0 aliphatic carbocycles. The molecule has 0 aromatic heterocycles. The Morgan fingerprint density at radius 2 is 2.31 bits per heavy atom. The summed E-state index contributed by atoms with van der Waals surface area (Å²) in [6, 6.07) is 3.29. The number of ether oxygens (including phenoxy) is 1. The van der Waals surface area contributed by atoms with Crippen molar-refractivity contribution in [2.24, 2.45) is 0 Å². The zero-order valence-electron chi connectivity index (χ0n) is 9.32. The maximum absolute atomic E-state index is 10.9. The number of nitrogens with zero attached hydrogens (tertiary/aromatic N) is 1. The first-order chi connectivity index (χ1) is 7.65. The van der Waals surface area contributed by atoms with E-state index in [1.165, 1.54) is 6.07 Å². The second-order valence-corrected chi connectivity index (χ2v) is 3.86. The number of nitrogens with one attached hydrogen (secondary N) is 1. The first kappa shape index (κ1) is 10.9. The fourth-order valence-corrected chi connectivity index (χ4v) is 2.23. The molecule has 1 N–H and O–H groups in total. The third-order valence-electron chi connectivity index (χ3n) is 2.97. The van der Waals surface area contributed by atoms with Crippen LogP contribution in [0.25, 0.3) is 0 Å². The highest BCUT2D eigenvalue weighted by molar-refractivity contribution is 5.54. The number of benzene rings is 1. The number of nitro groups is 1. The van der Waals surface area contributed by atoms with Gasteiger partial charge in [0.2, 0.25) is 0 Å². The molecule has 5 heteroatoms. The number of nitro benzene ring substituents is 1. The monoisotopic (exact) mass is 222 g/mol. The normalized spacial score (nSPS) is 19.0. The van der Waals surface area contributed by atoms with Crippen LogP contribution in [-0.2, 0) is 6.42 Å². The van der Waals surface area contributed by atoms with Crippen molar-refractivity contribution < 1.29 is 9.66 Å². The molecule has 1 aliphatic rings. The lowest BCUT2D eigenvalue weighted by molar-refractivity contribution is -0.385. The van der Waals surface area contributed by atoms with Gasteiger partial charge in [-0.3, -0.25) is 10.1 Å². The van der Waals surface area contributed by atoms with Crippen molar-refractivity contribution >= 4 is 5.69 Å². The average Bonchev–Trinajstić information content (AvgIpc) is 2.27. The molecule has 0 amide bonds. The molecular weight excluding hydrogens is 208 g/mol. The smallest absolute Gasteiger partial charge is 0.273 e. The molecule has 2 rings (SSSR count). The quantitative estimate of drug-likeness (QED) is 0.612. The van der Waals surface area contributed by atoms with E-state index in [-0.39, 0.29) is 16.7 Å². The van der Waals surface area contributed by atoms with Gasteiger partial charge in [0, 0.05) is 29.8 Å². The predicted molar refractivity (Wildman–Crippen MR) is 59.8 cm³/mol. The minimum absolute atomic E-state index is 0.0959. The fourth-order valence-electron chi connectivity index (χ4n) is 2.23. The van der Waals surface area contributed by atoms with Crippen molar-refractivity contribution in [1.29, 1.82) is 0 Å². The number of hydrogen-bond donors (Lipinski definition) is 1. The van der Waals surface area contributed by atoms with Crippen LogP contribution < -0.4 is 10.1 Å². The number of hydrogen-bond acceptors (Lipinski definition) is 4. The summed E-state index contributed by atoms with van der Waals surface area (Å²) in [5.41, 5.74) is 1.92. The number of methoxy groups -OCH3 is 1. The van der Waals surface area contributed by atoms with Gasteiger partial charge in [-0.05, 0) is 19.4 Å². The lowest BCUT2D eigenvalue weighted by Gasteiger charge is -2.25. The average molecular weight is 222 g/mol. The van der Waals surface area contributed by atoms with Crippen LogP contribution in [0.4, 0.5) is 5.69 Å². The standard InChI is InChI=1S/C11H14N2O3/c1-7-11-8(5-6-12-7)9(13(14)15)3-4-10(11)16-2/h3-4,7,12H,5-6H2,1-2H3. The van der Waals surface area contributed by atoms with Gasteiger partial charge in [-0.2, -0.15) is 0 Å². The van der Waals surface area contributed by atoms with E-state index < -0.39 is 0 Å². The molecule has 0 fully saturated rings. The third kappa shape index (κ3) is 1.63. The molecule has 1 aliphatic heterocycles. The molecule has 5 nitrogen and oxygen atoms in total. The van der Waals surface area contributed by atoms with Crippen molar-refractivity contribution in [3.8, 4) is 5.75 Å². The van der Waals surface area contributed by atoms with Crippen LogP contribution in [-0.4, -0.2) is 18.6 Å². The van der Waals surface area contributed by atoms with Crippen LogP contribution in [0.2, 0.25) is 0 Å². The molecule has 0 saturated carbocycles. The van der Waals surface area contributed by atoms with Crippen molar-refractivity contribution in [1.82, 2.24) is 5.32 Å². The Morgan fingerprint density at radius 3 is 2.94 bits per heavy atom. The highest BCUT2D eigenvalue weighted by Gasteiger charge is 2.27. The van der Waals surface area contributed by atoms with E-state index in [2.05, 4.69) is 5.32 Å². The minimum Gasteiger partial charge on any atom is -0.496 e. The van der Waals surface area contributed by atoms with E-state index >= 15 is 0 Å². The Morgan fingerprint density at radius 1 is 1.56 bits per heavy atom. The maximum atomic E-state index is 10.9. The Labute approximate surface area is 93.6 Å². The third-order valence-corrected chi connectivity index (χ3v) is 2.97. The summed E-state index contributed by atoms with van der Waals surface area (Å²) in [6.07, 6.45) is 0.674. The molecule has 1 heterocycles. The van der Waals surface area contributed by atoms with Gasteiger partial charge in [0.25, 0.3) is 5.69 Å². The molecule has 1 atom stereocenters. The summed E-state index contributed by atoms with van der Waals surface area (Å²) in [7, 11) is 1.59. The fraction of sp³-hybridized carbons (Fsp3) is 0.455. The molecule has 86 valence electrons. The van der Waals surface area contributed by atoms with Gasteiger partial charge >= 0.3 is 0 Å². The lowest BCUT2D eigenvalue weighted by Crippen LogP contribution is -2.28. The minimum atomic E-state index is -0.323. The van der Waals surface area contributed by atoms with Gasteiger partial charge in [-0.1, -0.05) is 0 Å². The highest BCUT2D eigenvalue weighted by Crippen LogP contribution is 2.36. The molecule has 1 unspecified atom stereocenters. The Kier molecular flexibility index (Phi) is 2.78. The van der Waals surface area contributed by atoms with Crippen molar-refractivity contribution in [2.75, 3.05) is 13.7 Å². The number of rotatable bonds is 2. The van der Waals surface area contributed by atoms with Crippen molar-refractivity contribution in [2.45, 2.75) is 19.4 Å². The summed E-state index contributed by atoms with van der Waals surface area (Å²) < 4.78 is 5.26. The Bertz CT molecular complexity index is 431. The molecule has 16 heavy (non-hydrogen) atoms. The molecule has 0 spiro atoms. The SMILES string of the molecule is COc1ccc([N+](=O)[O-])c2c1C(C)NCC2. The van der Waals surface area contributed by atoms with E-state index in [1.807, 2.05) is 6.92 Å². The van der Waals surface area contributed by atoms with E-state index in [0.717, 1.165) is 23.4 Å². The zero-order chi connectivity index (χ0) is 11.7. The van der Waals surface area contributed by atoms with Gasteiger partial charge in [-0.15, -0.1) is 0 Å². The second-order valence-electron chi connectivity index (χ2n) is 3.86. The van der Waals surface area contributed by atoms with Crippen LogP contribution in [0.3, 0.4) is 0 Å². The van der Waals surface area contributed by atoms with Gasteiger partial charge in [0.15, 0.2) is 0 Å². The van der Waals surface area contributed by atoms with Gasteiger partial charge in [0.05, 0.1) is 12.0 Å². The predicted octanol–water partition coefficient (Wildman–Crippen LogP) is 1.81. The summed E-state index contributed by atoms with van der Waals surface area (Å²) in [5.74, 6) is 0.723. The molecule has 0 saturated heterocycles. The molecular formula is C11H14N2O3. The molecule has 0 bridgehead atoms. The lowest BCUT2D eigenvalue weighted by atomic mass is 9.93. The number of fused-ring (bicyclic) bond motifs is 1. The zero-order valence-corrected chi connectivity index (χ0v) is 9.32. The van der Waals surface area contributed by atoms with E-state index in [4.69, 9.17) is 4.74 Å². The van der Waals surface area contributed by atoms with Crippen LogP contribution in [0.15, 0.2) is 12.1 Å². The largest absolute Gasteiger partial charge is 0.496 e. The van der Waals surface area contributed by atoms with Crippen LogP contribution in [0.1, 0.15) is 24.1 Å². The molecule has 0 radical (unpaired) electrons. The summed E-state index contributed by atoms with van der Waals surface area (Å²) >= 11 is 0. The summed E-state index contributed by atoms with van der Waals surface area (Å²) in [4.78, 5) is 10.6. The maximum Gasteiger partial charge on any atom is 0.273 e. The van der Waals surface area contributed by atoms with Crippen LogP contribution in [0, 0.1) is 10.1 Å². The first-order valence-corrected chi connectivity index (χ1v) is 5.22. The van der Waals surface area contributed by atoms with E-state index in [0.29, 0.717) is 6.42 Å². The molecule has 1 aromatic rings. The second kappa shape index (κ2) is 4.09. The Hall–Kier alpha value is -1.62. The summed E-state index contributed by atoms with van der Waals surface area (Å²) in [6.45, 7) is 2.76. The summed E-state index contributed by atoms with van der Waals surface area (Å²) in [5, 5.41) is 14.2. The van der Waals surface area contributed by atoms with Crippen molar-refractivity contribution in [3.63, 3.8) is 0 Å². The topological polar surface area (TPSA) is 64.4 Å². The van der Waals surface area contributed by atoms with E-state index in [1.54, 1.807) is 13.2 Å². The van der Waals surface area contributed by atoms with Crippen molar-refractivity contribution in [3.05, 3.63) is 33.4 Å². The Balaban J connectivity index is 2.63. The van der Waals surface area contributed by atoms with Gasteiger partial charge in [0.1, 0.15) is 5.75 Å². The first-order valence-electron chi connectivity index (χ1n) is 5.22. The van der Waals surface area contributed by atoms with Crippen LogP contribution >= 0.6 is 0 Å². The molecule has 1 aromatic carbocycles. The van der Waals surface area contributed by atoms with E-state index in [9.17, 15) is 10.1 Å². The van der Waals surface area contributed by atoms with Gasteiger partial charge < -0.3 is 10.1 Å². The highest BCUT2D eigenvalue weighted by atomic mass is 16.6.